The van der Waals surface area contributed by atoms with E-state index in [0.29, 0.717) is 5.56 Å². The molecule has 0 aliphatic heterocycles. The molecule has 21 heavy (non-hydrogen) atoms. The standard InChI is InChI=1S/C17H18BrNO2/c1-12-14(9-6-10-15(12)18)16(20)19-11-17(2,21)13-7-4-3-5-8-13/h3-10,21H,11H2,1-2H3,(H,19,20). The average Bonchev–Trinajstić information content (AvgIpc) is 2.49. The molecule has 0 saturated carbocycles. The molecular formula is C17H18BrNO2. The molecule has 0 bridgehead atoms. The van der Waals surface area contributed by atoms with Crippen LogP contribution >= 0.6 is 15.9 Å². The zero-order chi connectivity index (χ0) is 15.5. The molecule has 0 heterocycles. The summed E-state index contributed by atoms with van der Waals surface area (Å²) >= 11 is 3.41. The Morgan fingerprint density at radius 1 is 1.19 bits per heavy atom. The molecule has 1 unspecified atom stereocenters. The molecule has 0 aliphatic carbocycles. The Bertz CT molecular complexity index is 638. The van der Waals surface area contributed by atoms with Gasteiger partial charge in [-0.3, -0.25) is 4.79 Å². The van der Waals surface area contributed by atoms with Crippen LogP contribution in [0.15, 0.2) is 53.0 Å². The number of rotatable bonds is 4. The monoisotopic (exact) mass is 347 g/mol. The SMILES string of the molecule is Cc1c(Br)cccc1C(=O)NCC(C)(O)c1ccccc1. The maximum atomic E-state index is 12.3. The van der Waals surface area contributed by atoms with Crippen LogP contribution in [0.2, 0.25) is 0 Å². The Balaban J connectivity index is 2.09. The number of benzene rings is 2. The predicted octanol–water partition coefficient (Wildman–Crippen LogP) is 3.40. The fourth-order valence-corrected chi connectivity index (χ4v) is 2.47. The molecule has 2 aromatic carbocycles. The van der Waals surface area contributed by atoms with Gasteiger partial charge in [0.25, 0.3) is 5.91 Å². The molecule has 4 heteroatoms. The van der Waals surface area contributed by atoms with Crippen molar-refractivity contribution in [2.45, 2.75) is 19.4 Å². The van der Waals surface area contributed by atoms with Gasteiger partial charge in [-0.05, 0) is 37.1 Å². The first kappa shape index (κ1) is 15.7. The minimum Gasteiger partial charge on any atom is -0.384 e. The van der Waals surface area contributed by atoms with E-state index in [9.17, 15) is 9.90 Å². The number of nitrogens with one attached hydrogen (secondary N) is 1. The molecule has 1 amide bonds. The maximum absolute atomic E-state index is 12.3. The van der Waals surface area contributed by atoms with Gasteiger partial charge in [0.05, 0.1) is 6.54 Å². The molecule has 2 rings (SSSR count). The van der Waals surface area contributed by atoms with Gasteiger partial charge in [0.1, 0.15) is 5.60 Å². The van der Waals surface area contributed by atoms with E-state index in [1.807, 2.05) is 49.4 Å². The van der Waals surface area contributed by atoms with Gasteiger partial charge in [-0.15, -0.1) is 0 Å². The minimum atomic E-state index is -1.10. The van der Waals surface area contributed by atoms with E-state index in [1.165, 1.54) is 0 Å². The third-order valence-electron chi connectivity index (χ3n) is 3.50. The molecule has 1 atom stereocenters. The van der Waals surface area contributed by atoms with Gasteiger partial charge >= 0.3 is 0 Å². The zero-order valence-corrected chi connectivity index (χ0v) is 13.6. The molecule has 0 spiro atoms. The summed E-state index contributed by atoms with van der Waals surface area (Å²) in [5.41, 5.74) is 1.16. The topological polar surface area (TPSA) is 49.3 Å². The fourth-order valence-electron chi connectivity index (χ4n) is 2.10. The molecule has 110 valence electrons. The molecule has 0 radical (unpaired) electrons. The van der Waals surface area contributed by atoms with Crippen LogP contribution in [0.4, 0.5) is 0 Å². The van der Waals surface area contributed by atoms with Crippen molar-refractivity contribution in [3.63, 3.8) is 0 Å². The lowest BCUT2D eigenvalue weighted by atomic mass is 9.96. The summed E-state index contributed by atoms with van der Waals surface area (Å²) in [6.45, 7) is 3.73. The summed E-state index contributed by atoms with van der Waals surface area (Å²) in [6, 6.07) is 14.8. The molecule has 0 aromatic heterocycles. The van der Waals surface area contributed by atoms with Crippen molar-refractivity contribution >= 4 is 21.8 Å². The first-order valence-electron chi connectivity index (χ1n) is 6.73. The van der Waals surface area contributed by atoms with Crippen LogP contribution in [0.1, 0.15) is 28.4 Å². The Morgan fingerprint density at radius 3 is 2.52 bits per heavy atom. The van der Waals surface area contributed by atoms with Crippen LogP contribution < -0.4 is 5.32 Å². The molecule has 2 N–H and O–H groups in total. The normalized spacial score (nSPS) is 13.5. The quantitative estimate of drug-likeness (QED) is 0.890. The fraction of sp³-hybridized carbons (Fsp3) is 0.235. The molecule has 0 fully saturated rings. The second kappa shape index (κ2) is 6.41. The molecule has 2 aromatic rings. The lowest BCUT2D eigenvalue weighted by Crippen LogP contribution is -2.38. The van der Waals surface area contributed by atoms with E-state index in [2.05, 4.69) is 21.2 Å². The largest absolute Gasteiger partial charge is 0.384 e. The smallest absolute Gasteiger partial charge is 0.251 e. The van der Waals surface area contributed by atoms with E-state index in [-0.39, 0.29) is 12.5 Å². The van der Waals surface area contributed by atoms with E-state index in [0.717, 1.165) is 15.6 Å². The summed E-state index contributed by atoms with van der Waals surface area (Å²) in [7, 11) is 0. The number of carbonyl (C=O) groups is 1. The Labute approximate surface area is 133 Å². The van der Waals surface area contributed by atoms with Crippen molar-refractivity contribution in [1.29, 1.82) is 0 Å². The van der Waals surface area contributed by atoms with Gasteiger partial charge < -0.3 is 10.4 Å². The minimum absolute atomic E-state index is 0.155. The average molecular weight is 348 g/mol. The number of hydrogen-bond acceptors (Lipinski definition) is 2. The third-order valence-corrected chi connectivity index (χ3v) is 4.36. The van der Waals surface area contributed by atoms with Crippen LogP contribution in [0.3, 0.4) is 0 Å². The second-order valence-electron chi connectivity index (χ2n) is 5.23. The Kier molecular flexibility index (Phi) is 4.80. The zero-order valence-electron chi connectivity index (χ0n) is 12.1. The number of amides is 1. The third kappa shape index (κ3) is 3.71. The van der Waals surface area contributed by atoms with Crippen molar-refractivity contribution in [1.82, 2.24) is 5.32 Å². The van der Waals surface area contributed by atoms with Crippen molar-refractivity contribution in [3.05, 3.63) is 69.7 Å². The second-order valence-corrected chi connectivity index (χ2v) is 6.09. The van der Waals surface area contributed by atoms with E-state index in [4.69, 9.17) is 0 Å². The van der Waals surface area contributed by atoms with Gasteiger partial charge in [0.2, 0.25) is 0 Å². The summed E-state index contributed by atoms with van der Waals surface area (Å²) in [6.07, 6.45) is 0. The predicted molar refractivity (Wildman–Crippen MR) is 87.2 cm³/mol. The van der Waals surface area contributed by atoms with Crippen LogP contribution in [-0.4, -0.2) is 17.6 Å². The maximum Gasteiger partial charge on any atom is 0.251 e. The lowest BCUT2D eigenvalue weighted by Gasteiger charge is -2.24. The van der Waals surface area contributed by atoms with Gasteiger partial charge in [-0.2, -0.15) is 0 Å². The summed E-state index contributed by atoms with van der Waals surface area (Å²) in [5, 5.41) is 13.3. The lowest BCUT2D eigenvalue weighted by molar-refractivity contribution is 0.0526. The molecule has 0 aliphatic rings. The van der Waals surface area contributed by atoms with Gasteiger partial charge in [0, 0.05) is 10.0 Å². The van der Waals surface area contributed by atoms with Crippen LogP contribution in [0, 0.1) is 6.92 Å². The highest BCUT2D eigenvalue weighted by Crippen LogP contribution is 2.21. The highest BCUT2D eigenvalue weighted by molar-refractivity contribution is 9.10. The van der Waals surface area contributed by atoms with Gasteiger partial charge in [0.15, 0.2) is 0 Å². The number of carbonyl (C=O) groups excluding carboxylic acids is 1. The van der Waals surface area contributed by atoms with Crippen molar-refractivity contribution in [3.8, 4) is 0 Å². The van der Waals surface area contributed by atoms with Gasteiger partial charge in [-0.1, -0.05) is 52.3 Å². The highest BCUT2D eigenvalue weighted by atomic mass is 79.9. The van der Waals surface area contributed by atoms with E-state index >= 15 is 0 Å². The van der Waals surface area contributed by atoms with Crippen molar-refractivity contribution in [2.24, 2.45) is 0 Å². The van der Waals surface area contributed by atoms with E-state index < -0.39 is 5.60 Å². The highest BCUT2D eigenvalue weighted by Gasteiger charge is 2.24. The van der Waals surface area contributed by atoms with Crippen LogP contribution in [0.5, 0.6) is 0 Å². The van der Waals surface area contributed by atoms with Gasteiger partial charge in [-0.25, -0.2) is 0 Å². The summed E-state index contributed by atoms with van der Waals surface area (Å²) in [5.74, 6) is -0.190. The summed E-state index contributed by atoms with van der Waals surface area (Å²) in [4.78, 5) is 12.3. The number of aliphatic hydroxyl groups is 1. The van der Waals surface area contributed by atoms with E-state index in [1.54, 1.807) is 13.0 Å². The molecular weight excluding hydrogens is 330 g/mol. The first-order chi connectivity index (χ1) is 9.92. The number of halogens is 1. The molecule has 0 saturated heterocycles. The van der Waals surface area contributed by atoms with Crippen molar-refractivity contribution < 1.29 is 9.90 Å². The van der Waals surface area contributed by atoms with Crippen molar-refractivity contribution in [2.75, 3.05) is 6.54 Å². The van der Waals surface area contributed by atoms with Crippen LogP contribution in [-0.2, 0) is 5.60 Å². The van der Waals surface area contributed by atoms with Crippen LogP contribution in [0.25, 0.3) is 0 Å². The Hall–Kier alpha value is -1.65. The first-order valence-corrected chi connectivity index (χ1v) is 7.52. The number of hydrogen-bond donors (Lipinski definition) is 2. The Morgan fingerprint density at radius 2 is 1.86 bits per heavy atom. The molecule has 3 nitrogen and oxygen atoms in total. The summed E-state index contributed by atoms with van der Waals surface area (Å²) < 4.78 is 0.893.